The molecule has 0 aliphatic heterocycles. The van der Waals surface area contributed by atoms with Gasteiger partial charge in [0.05, 0.1) is 11.1 Å². The first kappa shape index (κ1) is 21.8. The third-order valence-electron chi connectivity index (χ3n) is 3.92. The number of rotatable bonds is 7. The average Bonchev–Trinajstić information content (AvgIpc) is 2.70. The van der Waals surface area contributed by atoms with Crippen molar-refractivity contribution in [2.45, 2.75) is 31.0 Å². The van der Waals surface area contributed by atoms with E-state index in [2.05, 4.69) is 20.3 Å². The van der Waals surface area contributed by atoms with Gasteiger partial charge in [-0.15, -0.1) is 11.8 Å². The first-order chi connectivity index (χ1) is 14.3. The molecule has 0 fully saturated rings. The average molecular weight is 447 g/mol. The van der Waals surface area contributed by atoms with Gasteiger partial charge in [0.15, 0.2) is 5.82 Å². The maximum absolute atomic E-state index is 10.9. The highest BCUT2D eigenvalue weighted by atomic mass is 35.5. The highest BCUT2D eigenvalue weighted by molar-refractivity contribution is 7.99. The van der Waals surface area contributed by atoms with Crippen LogP contribution in [0.25, 0.3) is 0 Å². The van der Waals surface area contributed by atoms with Crippen molar-refractivity contribution in [2.75, 3.05) is 10.4 Å². The molecule has 0 atom stereocenters. The smallest absolute Gasteiger partial charge is 0.269 e. The molecule has 0 amide bonds. The Kier molecular flexibility index (Phi) is 6.70. The Morgan fingerprint density at radius 3 is 2.73 bits per heavy atom. The van der Waals surface area contributed by atoms with E-state index in [1.165, 1.54) is 30.1 Å². The Labute approximate surface area is 182 Å². The Morgan fingerprint density at radius 2 is 2.07 bits per heavy atom. The summed E-state index contributed by atoms with van der Waals surface area (Å²) in [6.07, 6.45) is 3.01. The standard InChI is InChI=1S/C19H19ClN6O3S/c1-11(2)30-18-16(5-4-8-21-18)25(27)17-14(20)10-22-19(24-17)23-15-7-6-13(26(28)29)9-12(15)3/h4-11,27H,1-3H3,(H,22,23,24). The zero-order chi connectivity index (χ0) is 21.8. The van der Waals surface area contributed by atoms with Gasteiger partial charge in [-0.05, 0) is 30.7 Å². The van der Waals surface area contributed by atoms with Crippen LogP contribution in [0.4, 0.5) is 28.8 Å². The van der Waals surface area contributed by atoms with Gasteiger partial charge in [-0.1, -0.05) is 25.4 Å². The number of anilines is 4. The number of nitro benzene ring substituents is 1. The predicted molar refractivity (Wildman–Crippen MR) is 117 cm³/mol. The molecule has 156 valence electrons. The van der Waals surface area contributed by atoms with Gasteiger partial charge in [-0.25, -0.2) is 15.0 Å². The summed E-state index contributed by atoms with van der Waals surface area (Å²) in [5, 5.41) is 26.6. The first-order valence-corrected chi connectivity index (χ1v) is 10.2. The molecule has 2 aromatic heterocycles. The summed E-state index contributed by atoms with van der Waals surface area (Å²) in [6, 6.07) is 7.82. The Morgan fingerprint density at radius 1 is 1.30 bits per heavy atom. The number of pyridine rings is 1. The van der Waals surface area contributed by atoms with E-state index in [4.69, 9.17) is 11.6 Å². The van der Waals surface area contributed by atoms with Crippen molar-refractivity contribution in [1.82, 2.24) is 15.0 Å². The van der Waals surface area contributed by atoms with Gasteiger partial charge in [0, 0.05) is 29.3 Å². The molecule has 0 unspecified atom stereocenters. The summed E-state index contributed by atoms with van der Waals surface area (Å²) in [4.78, 5) is 23.2. The second kappa shape index (κ2) is 9.24. The molecule has 0 saturated heterocycles. The van der Waals surface area contributed by atoms with Gasteiger partial charge < -0.3 is 5.32 Å². The maximum atomic E-state index is 10.9. The second-order valence-electron chi connectivity index (χ2n) is 6.55. The number of non-ortho nitro benzene ring substituents is 1. The van der Waals surface area contributed by atoms with E-state index in [9.17, 15) is 15.3 Å². The molecule has 0 bridgehead atoms. The quantitative estimate of drug-likeness (QED) is 0.275. The minimum atomic E-state index is -0.460. The number of hydrogen-bond acceptors (Lipinski definition) is 9. The van der Waals surface area contributed by atoms with Gasteiger partial charge in [0.2, 0.25) is 5.95 Å². The zero-order valence-electron chi connectivity index (χ0n) is 16.4. The van der Waals surface area contributed by atoms with Crippen LogP contribution in [-0.4, -0.2) is 30.3 Å². The van der Waals surface area contributed by atoms with Crippen LogP contribution in [0, 0.1) is 17.0 Å². The minimum absolute atomic E-state index is 0.0101. The lowest BCUT2D eigenvalue weighted by Crippen LogP contribution is -2.15. The molecule has 9 nitrogen and oxygen atoms in total. The first-order valence-electron chi connectivity index (χ1n) is 8.91. The van der Waals surface area contributed by atoms with Crippen molar-refractivity contribution in [1.29, 1.82) is 0 Å². The number of thioether (sulfide) groups is 1. The van der Waals surface area contributed by atoms with Crippen LogP contribution in [-0.2, 0) is 0 Å². The summed E-state index contributed by atoms with van der Waals surface area (Å²) < 4.78 is 0. The molecule has 11 heteroatoms. The molecule has 3 aromatic rings. The van der Waals surface area contributed by atoms with Crippen molar-refractivity contribution >= 4 is 52.2 Å². The molecule has 0 aliphatic rings. The van der Waals surface area contributed by atoms with E-state index in [0.717, 1.165) is 5.06 Å². The van der Waals surface area contributed by atoms with Crippen LogP contribution in [0.2, 0.25) is 5.02 Å². The van der Waals surface area contributed by atoms with Gasteiger partial charge in [0.25, 0.3) is 5.69 Å². The maximum Gasteiger partial charge on any atom is 0.269 e. The van der Waals surface area contributed by atoms with Gasteiger partial charge in [0.1, 0.15) is 15.7 Å². The third-order valence-corrected chi connectivity index (χ3v) is 5.20. The summed E-state index contributed by atoms with van der Waals surface area (Å²) in [7, 11) is 0. The fraction of sp³-hybridized carbons (Fsp3) is 0.211. The molecule has 0 radical (unpaired) electrons. The van der Waals surface area contributed by atoms with E-state index in [-0.39, 0.29) is 27.7 Å². The molecular weight excluding hydrogens is 428 g/mol. The highest BCUT2D eigenvalue weighted by Crippen LogP contribution is 2.36. The number of halogens is 1. The Balaban J connectivity index is 1.92. The summed E-state index contributed by atoms with van der Waals surface area (Å²) in [5.41, 5.74) is 1.67. The monoisotopic (exact) mass is 446 g/mol. The summed E-state index contributed by atoms with van der Waals surface area (Å²) in [5.74, 6) is 0.250. The van der Waals surface area contributed by atoms with Crippen LogP contribution in [0.3, 0.4) is 0 Å². The van der Waals surface area contributed by atoms with E-state index in [0.29, 0.717) is 22.0 Å². The lowest BCUT2D eigenvalue weighted by molar-refractivity contribution is -0.384. The van der Waals surface area contributed by atoms with E-state index in [1.54, 1.807) is 31.3 Å². The molecule has 1 aromatic carbocycles. The predicted octanol–water partition coefficient (Wildman–Crippen LogP) is 5.51. The number of nitrogens with one attached hydrogen (secondary N) is 1. The number of aromatic nitrogens is 3. The molecule has 0 aliphatic carbocycles. The third kappa shape index (κ3) is 4.96. The molecule has 2 heterocycles. The number of hydrogen-bond donors (Lipinski definition) is 2. The van der Waals surface area contributed by atoms with Crippen molar-refractivity contribution in [2.24, 2.45) is 0 Å². The fourth-order valence-corrected chi connectivity index (χ4v) is 3.58. The summed E-state index contributed by atoms with van der Waals surface area (Å²) >= 11 is 7.73. The number of benzene rings is 1. The van der Waals surface area contributed by atoms with E-state index in [1.807, 2.05) is 13.8 Å². The second-order valence-corrected chi connectivity index (χ2v) is 8.52. The van der Waals surface area contributed by atoms with Crippen LogP contribution < -0.4 is 10.4 Å². The lowest BCUT2D eigenvalue weighted by Gasteiger charge is -2.20. The normalized spacial score (nSPS) is 10.9. The van der Waals surface area contributed by atoms with E-state index >= 15 is 0 Å². The molecule has 2 N–H and O–H groups in total. The van der Waals surface area contributed by atoms with Crippen LogP contribution in [0.5, 0.6) is 0 Å². The fourth-order valence-electron chi connectivity index (χ4n) is 2.56. The number of aryl methyl sites for hydroxylation is 1. The highest BCUT2D eigenvalue weighted by Gasteiger charge is 2.19. The van der Waals surface area contributed by atoms with E-state index < -0.39 is 4.92 Å². The zero-order valence-corrected chi connectivity index (χ0v) is 18.0. The van der Waals surface area contributed by atoms with Crippen molar-refractivity contribution < 1.29 is 10.1 Å². The molecule has 0 saturated carbocycles. The van der Waals surface area contributed by atoms with Gasteiger partial charge in [-0.2, -0.15) is 4.98 Å². The van der Waals surface area contributed by atoms with Crippen LogP contribution in [0.15, 0.2) is 47.8 Å². The molecule has 0 spiro atoms. The van der Waals surface area contributed by atoms with Crippen LogP contribution >= 0.6 is 23.4 Å². The molecule has 30 heavy (non-hydrogen) atoms. The molecular formula is C19H19ClN6O3S. The minimum Gasteiger partial charge on any atom is -0.324 e. The number of nitro groups is 1. The van der Waals surface area contributed by atoms with Crippen molar-refractivity contribution in [3.05, 3.63) is 63.4 Å². The lowest BCUT2D eigenvalue weighted by atomic mass is 10.2. The Bertz CT molecular complexity index is 1080. The van der Waals surface area contributed by atoms with Crippen LogP contribution in [0.1, 0.15) is 19.4 Å². The topological polar surface area (TPSA) is 117 Å². The van der Waals surface area contributed by atoms with Crippen molar-refractivity contribution in [3.8, 4) is 0 Å². The largest absolute Gasteiger partial charge is 0.324 e. The number of nitrogens with zero attached hydrogens (tertiary/aromatic N) is 5. The summed E-state index contributed by atoms with van der Waals surface area (Å²) in [6.45, 7) is 5.78. The molecule has 3 rings (SSSR count). The van der Waals surface area contributed by atoms with Crippen molar-refractivity contribution in [3.63, 3.8) is 0 Å². The van der Waals surface area contributed by atoms with Gasteiger partial charge in [-0.3, -0.25) is 15.3 Å². The Hall–Kier alpha value is -2.95. The van der Waals surface area contributed by atoms with Gasteiger partial charge >= 0.3 is 0 Å². The SMILES string of the molecule is Cc1cc([N+](=O)[O-])ccc1Nc1ncc(Cl)c(N(O)c2cccnc2SC(C)C)n1.